The quantitative estimate of drug-likeness (QED) is 0.440. The first-order chi connectivity index (χ1) is 15.8. The first-order valence-electron chi connectivity index (χ1n) is 10.5. The molecule has 0 fully saturated rings. The second-order valence-electron chi connectivity index (χ2n) is 7.91. The molecule has 166 valence electrons. The van der Waals surface area contributed by atoms with Crippen LogP contribution in [0.3, 0.4) is 0 Å². The van der Waals surface area contributed by atoms with Gasteiger partial charge in [-0.2, -0.15) is 0 Å². The smallest absolute Gasteiger partial charge is 0.251 e. The van der Waals surface area contributed by atoms with Gasteiger partial charge in [0.05, 0.1) is 17.1 Å². The number of hydrogen-bond acceptors (Lipinski definition) is 4. The van der Waals surface area contributed by atoms with Gasteiger partial charge in [-0.3, -0.25) is 9.78 Å². The SMILES string of the molecule is Cc1ccc(C(=O)NCc2cc(-c3ccc(-c4ccccc4)cc3)ccn2)cc1S(C)(=O)=O. The molecule has 5 nitrogen and oxygen atoms in total. The van der Waals surface area contributed by atoms with Crippen molar-refractivity contribution in [2.24, 2.45) is 0 Å². The lowest BCUT2D eigenvalue weighted by Gasteiger charge is -2.10. The summed E-state index contributed by atoms with van der Waals surface area (Å²) in [5.74, 6) is -0.348. The van der Waals surface area contributed by atoms with Crippen molar-refractivity contribution in [3.05, 3.63) is 108 Å². The Balaban J connectivity index is 1.47. The minimum absolute atomic E-state index is 0.161. The van der Waals surface area contributed by atoms with Crippen molar-refractivity contribution in [3.8, 4) is 22.3 Å². The third-order valence-electron chi connectivity index (χ3n) is 5.42. The van der Waals surface area contributed by atoms with E-state index in [1.54, 1.807) is 25.3 Å². The van der Waals surface area contributed by atoms with Gasteiger partial charge in [0.15, 0.2) is 9.84 Å². The average Bonchev–Trinajstić information content (AvgIpc) is 2.83. The van der Waals surface area contributed by atoms with Gasteiger partial charge in [0.25, 0.3) is 5.91 Å². The van der Waals surface area contributed by atoms with Crippen molar-refractivity contribution in [1.82, 2.24) is 10.3 Å². The highest BCUT2D eigenvalue weighted by Gasteiger charge is 2.15. The number of benzene rings is 3. The van der Waals surface area contributed by atoms with Gasteiger partial charge in [-0.25, -0.2) is 8.42 Å². The molecule has 3 aromatic carbocycles. The van der Waals surface area contributed by atoms with Crippen LogP contribution in [0.25, 0.3) is 22.3 Å². The zero-order valence-corrected chi connectivity index (χ0v) is 19.3. The molecule has 4 aromatic rings. The van der Waals surface area contributed by atoms with E-state index < -0.39 is 9.84 Å². The number of hydrogen-bond donors (Lipinski definition) is 1. The third kappa shape index (κ3) is 5.35. The normalized spacial score (nSPS) is 11.2. The Bertz CT molecular complexity index is 1400. The highest BCUT2D eigenvalue weighted by molar-refractivity contribution is 7.90. The lowest BCUT2D eigenvalue weighted by molar-refractivity contribution is 0.0950. The lowest BCUT2D eigenvalue weighted by atomic mass is 10.0. The Morgan fingerprint density at radius 3 is 2.12 bits per heavy atom. The van der Waals surface area contributed by atoms with Crippen molar-refractivity contribution in [2.45, 2.75) is 18.4 Å². The van der Waals surface area contributed by atoms with Crippen molar-refractivity contribution < 1.29 is 13.2 Å². The van der Waals surface area contributed by atoms with Crippen LogP contribution in [0.4, 0.5) is 0 Å². The molecular formula is C27H24N2O3S. The molecule has 0 spiro atoms. The number of amides is 1. The zero-order valence-electron chi connectivity index (χ0n) is 18.4. The molecule has 0 unspecified atom stereocenters. The Morgan fingerprint density at radius 2 is 1.45 bits per heavy atom. The number of aromatic nitrogens is 1. The summed E-state index contributed by atoms with van der Waals surface area (Å²) < 4.78 is 23.9. The third-order valence-corrected chi connectivity index (χ3v) is 6.66. The van der Waals surface area contributed by atoms with Gasteiger partial charge >= 0.3 is 0 Å². The maximum Gasteiger partial charge on any atom is 0.251 e. The molecule has 4 rings (SSSR count). The number of sulfone groups is 1. The number of pyridine rings is 1. The van der Waals surface area contributed by atoms with Crippen LogP contribution in [0.2, 0.25) is 0 Å². The molecule has 0 bridgehead atoms. The van der Waals surface area contributed by atoms with Crippen LogP contribution in [-0.2, 0) is 16.4 Å². The Hall–Kier alpha value is -3.77. The lowest BCUT2D eigenvalue weighted by Crippen LogP contribution is -2.23. The number of rotatable bonds is 6. The molecule has 6 heteroatoms. The number of nitrogens with zero attached hydrogens (tertiary/aromatic N) is 1. The summed E-state index contributed by atoms with van der Waals surface area (Å²) in [6.45, 7) is 1.94. The van der Waals surface area contributed by atoms with E-state index in [9.17, 15) is 13.2 Å². The van der Waals surface area contributed by atoms with Gasteiger partial charge in [0, 0.05) is 18.0 Å². The van der Waals surface area contributed by atoms with Crippen molar-refractivity contribution >= 4 is 15.7 Å². The number of carbonyl (C=O) groups is 1. The number of carbonyl (C=O) groups excluding carboxylic acids is 1. The van der Waals surface area contributed by atoms with E-state index in [4.69, 9.17) is 0 Å². The second kappa shape index (κ2) is 9.38. The molecular weight excluding hydrogens is 432 g/mol. The Labute approximate surface area is 194 Å². The summed E-state index contributed by atoms with van der Waals surface area (Å²) >= 11 is 0. The fourth-order valence-electron chi connectivity index (χ4n) is 3.65. The van der Waals surface area contributed by atoms with Crippen molar-refractivity contribution in [3.63, 3.8) is 0 Å². The van der Waals surface area contributed by atoms with Crippen LogP contribution >= 0.6 is 0 Å². The highest BCUT2D eigenvalue weighted by Crippen LogP contribution is 2.25. The maximum absolute atomic E-state index is 12.6. The number of nitrogens with one attached hydrogen (secondary N) is 1. The Morgan fingerprint density at radius 1 is 0.818 bits per heavy atom. The van der Waals surface area contributed by atoms with Crippen molar-refractivity contribution in [2.75, 3.05) is 6.26 Å². The van der Waals surface area contributed by atoms with Crippen LogP contribution < -0.4 is 5.32 Å². The van der Waals surface area contributed by atoms with Crippen LogP contribution in [0.1, 0.15) is 21.6 Å². The standard InChI is InChI=1S/C27H24N2O3S/c1-19-8-9-24(17-26(19)33(2,31)32)27(30)29-18-25-16-23(14-15-28-25)22-12-10-21(11-13-22)20-6-4-3-5-7-20/h3-17H,18H2,1-2H3,(H,29,30). The van der Waals surface area contributed by atoms with E-state index >= 15 is 0 Å². The molecule has 1 aromatic heterocycles. The van der Waals surface area contributed by atoms with Crippen LogP contribution in [0.15, 0.2) is 96.0 Å². The van der Waals surface area contributed by atoms with Gasteiger partial charge in [0.1, 0.15) is 0 Å². The summed E-state index contributed by atoms with van der Waals surface area (Å²) in [7, 11) is -3.41. The minimum atomic E-state index is -3.41. The van der Waals surface area contributed by atoms with Gasteiger partial charge in [-0.05, 0) is 59.0 Å². The van der Waals surface area contributed by atoms with E-state index in [1.165, 1.54) is 6.07 Å². The summed E-state index contributed by atoms with van der Waals surface area (Å²) in [5.41, 5.74) is 5.99. The van der Waals surface area contributed by atoms with Crippen LogP contribution in [-0.4, -0.2) is 25.6 Å². The molecule has 1 amide bonds. The molecule has 0 aliphatic heterocycles. The first-order valence-corrected chi connectivity index (χ1v) is 12.4. The van der Waals surface area contributed by atoms with E-state index in [0.717, 1.165) is 28.5 Å². The van der Waals surface area contributed by atoms with E-state index in [-0.39, 0.29) is 17.3 Å². The van der Waals surface area contributed by atoms with E-state index in [1.807, 2.05) is 30.3 Å². The van der Waals surface area contributed by atoms with Gasteiger partial charge in [-0.1, -0.05) is 60.7 Å². The molecule has 0 saturated heterocycles. The average molecular weight is 457 g/mol. The van der Waals surface area contributed by atoms with E-state index in [0.29, 0.717) is 16.8 Å². The predicted molar refractivity (Wildman–Crippen MR) is 131 cm³/mol. The molecule has 0 atom stereocenters. The fourth-order valence-corrected chi connectivity index (χ4v) is 4.65. The zero-order chi connectivity index (χ0) is 23.4. The monoisotopic (exact) mass is 456 g/mol. The molecule has 1 N–H and O–H groups in total. The van der Waals surface area contributed by atoms with Gasteiger partial charge in [0.2, 0.25) is 0 Å². The second-order valence-corrected chi connectivity index (χ2v) is 9.90. The molecule has 0 saturated carbocycles. The molecule has 1 heterocycles. The maximum atomic E-state index is 12.6. The molecule has 0 radical (unpaired) electrons. The Kier molecular flexibility index (Phi) is 6.38. The van der Waals surface area contributed by atoms with Crippen LogP contribution in [0, 0.1) is 6.92 Å². The van der Waals surface area contributed by atoms with Gasteiger partial charge in [-0.15, -0.1) is 0 Å². The van der Waals surface area contributed by atoms with Crippen molar-refractivity contribution in [1.29, 1.82) is 0 Å². The molecule has 33 heavy (non-hydrogen) atoms. The number of aryl methyl sites for hydroxylation is 1. The first kappa shape index (κ1) is 22.4. The highest BCUT2D eigenvalue weighted by atomic mass is 32.2. The fraction of sp³-hybridized carbons (Fsp3) is 0.111. The summed E-state index contributed by atoms with van der Waals surface area (Å²) in [6, 6.07) is 27.1. The summed E-state index contributed by atoms with van der Waals surface area (Å²) in [4.78, 5) is 17.1. The predicted octanol–water partition coefficient (Wildman–Crippen LogP) is 5.06. The topological polar surface area (TPSA) is 76.1 Å². The largest absolute Gasteiger partial charge is 0.346 e. The minimum Gasteiger partial charge on any atom is -0.346 e. The molecule has 0 aliphatic rings. The van der Waals surface area contributed by atoms with Gasteiger partial charge < -0.3 is 5.32 Å². The summed E-state index contributed by atoms with van der Waals surface area (Å²) in [6.07, 6.45) is 2.86. The van der Waals surface area contributed by atoms with E-state index in [2.05, 4.69) is 46.7 Å². The molecule has 0 aliphatic carbocycles. The summed E-state index contributed by atoms with van der Waals surface area (Å²) in [5, 5.41) is 2.83. The van der Waals surface area contributed by atoms with Crippen LogP contribution in [0.5, 0.6) is 0 Å².